The Bertz CT molecular complexity index is 678. The molecule has 0 N–H and O–H groups in total. The lowest BCUT2D eigenvalue weighted by Gasteiger charge is -2.29. The molecule has 0 bridgehead atoms. The first kappa shape index (κ1) is 18.2. The predicted octanol–water partition coefficient (Wildman–Crippen LogP) is 3.04. The molecule has 0 heterocycles. The van der Waals surface area contributed by atoms with Crippen LogP contribution in [0.3, 0.4) is 0 Å². The minimum absolute atomic E-state index is 0.00245. The van der Waals surface area contributed by atoms with Gasteiger partial charge in [-0.15, -0.1) is 0 Å². The summed E-state index contributed by atoms with van der Waals surface area (Å²) >= 11 is 0. The highest BCUT2D eigenvalue weighted by molar-refractivity contribution is 6.17. The van der Waals surface area contributed by atoms with Gasteiger partial charge in [-0.25, -0.2) is 8.78 Å². The number of ketones is 1. The third-order valence-electron chi connectivity index (χ3n) is 3.88. The maximum Gasteiger partial charge on any atom is 0.326 e. The number of hydrogen-bond donors (Lipinski definition) is 0. The summed E-state index contributed by atoms with van der Waals surface area (Å²) in [4.78, 5) is 25.2. The zero-order valence-electron chi connectivity index (χ0n) is 14.2. The summed E-state index contributed by atoms with van der Waals surface area (Å²) in [5, 5.41) is 0. The third-order valence-corrected chi connectivity index (χ3v) is 3.88. The third kappa shape index (κ3) is 2.83. The molecule has 0 fully saturated rings. The number of fused-ring (bicyclic) bond motifs is 1. The molecule has 0 aliphatic heterocycles. The topological polar surface area (TPSA) is 61.8 Å². The van der Waals surface area contributed by atoms with Crippen LogP contribution < -0.4 is 9.47 Å². The van der Waals surface area contributed by atoms with E-state index in [2.05, 4.69) is 0 Å². The van der Waals surface area contributed by atoms with Gasteiger partial charge in [0.25, 0.3) is 6.43 Å². The van der Waals surface area contributed by atoms with Gasteiger partial charge in [0.1, 0.15) is 17.1 Å². The van der Waals surface area contributed by atoms with Gasteiger partial charge in [-0.3, -0.25) is 9.59 Å². The molecule has 0 aromatic heterocycles. The number of halogens is 2. The second-order valence-corrected chi connectivity index (χ2v) is 6.64. The molecule has 1 aromatic rings. The van der Waals surface area contributed by atoms with E-state index in [0.717, 1.165) is 0 Å². The Morgan fingerprint density at radius 3 is 2.29 bits per heavy atom. The van der Waals surface area contributed by atoms with Gasteiger partial charge in [0.2, 0.25) is 0 Å². The van der Waals surface area contributed by atoms with Crippen molar-refractivity contribution >= 4 is 11.8 Å². The summed E-state index contributed by atoms with van der Waals surface area (Å²) in [5.74, 6) is -1.69. The van der Waals surface area contributed by atoms with Crippen molar-refractivity contribution in [1.29, 1.82) is 0 Å². The van der Waals surface area contributed by atoms with Crippen LogP contribution in [0.25, 0.3) is 0 Å². The predicted molar refractivity (Wildman–Crippen MR) is 81.9 cm³/mol. The van der Waals surface area contributed by atoms with Crippen molar-refractivity contribution < 1.29 is 32.6 Å². The van der Waals surface area contributed by atoms with Gasteiger partial charge >= 0.3 is 5.97 Å². The average molecular weight is 342 g/mol. The second kappa shape index (κ2) is 6.03. The summed E-state index contributed by atoms with van der Waals surface area (Å²) in [6.07, 6.45) is -3.68. The maximum absolute atomic E-state index is 13.9. The number of hydrogen-bond acceptors (Lipinski definition) is 5. The molecule has 0 saturated heterocycles. The molecule has 2 rings (SSSR count). The summed E-state index contributed by atoms with van der Waals surface area (Å²) in [6, 6.07) is 2.83. The number of carbonyl (C=O) groups excluding carboxylic acids is 2. The molecule has 0 radical (unpaired) electrons. The van der Waals surface area contributed by atoms with E-state index in [4.69, 9.17) is 14.2 Å². The van der Waals surface area contributed by atoms with Crippen LogP contribution in [-0.2, 0) is 16.0 Å². The standard InChI is InChI=1S/C17H20F2O5/c1-16(2,3)24-15(21)17(14(18)19)8-11-10(13(17)20)6-9(22-4)7-12(11)23-5/h6-7,14H,8H2,1-5H3. The Kier molecular flexibility index (Phi) is 4.57. The number of alkyl halides is 2. The lowest BCUT2D eigenvalue weighted by Crippen LogP contribution is -2.47. The van der Waals surface area contributed by atoms with E-state index in [-0.39, 0.29) is 22.6 Å². The molecular formula is C17H20F2O5. The van der Waals surface area contributed by atoms with Gasteiger partial charge in [0.05, 0.1) is 14.2 Å². The second-order valence-electron chi connectivity index (χ2n) is 6.64. The first-order valence-corrected chi connectivity index (χ1v) is 7.38. The molecule has 0 spiro atoms. The minimum atomic E-state index is -3.21. The van der Waals surface area contributed by atoms with Crippen molar-refractivity contribution in [2.45, 2.75) is 39.2 Å². The van der Waals surface area contributed by atoms with Crippen LogP contribution in [-0.4, -0.2) is 38.0 Å². The Morgan fingerprint density at radius 1 is 1.21 bits per heavy atom. The smallest absolute Gasteiger partial charge is 0.326 e. The van der Waals surface area contributed by atoms with Gasteiger partial charge in [0.15, 0.2) is 11.2 Å². The fourth-order valence-corrected chi connectivity index (χ4v) is 2.70. The molecule has 0 amide bonds. The summed E-state index contributed by atoms with van der Waals surface area (Å²) in [5.41, 5.74) is -3.29. The minimum Gasteiger partial charge on any atom is -0.497 e. The van der Waals surface area contributed by atoms with Crippen molar-refractivity contribution in [2.24, 2.45) is 5.41 Å². The largest absolute Gasteiger partial charge is 0.497 e. The molecule has 1 unspecified atom stereocenters. The number of rotatable bonds is 4. The van der Waals surface area contributed by atoms with Crippen LogP contribution >= 0.6 is 0 Å². The number of ether oxygens (including phenoxy) is 3. The van der Waals surface area contributed by atoms with Crippen molar-refractivity contribution in [3.63, 3.8) is 0 Å². The zero-order chi connectivity index (χ0) is 18.3. The number of carbonyl (C=O) groups is 2. The lowest BCUT2D eigenvalue weighted by molar-refractivity contribution is -0.171. The van der Waals surface area contributed by atoms with Gasteiger partial charge < -0.3 is 14.2 Å². The number of esters is 1. The Morgan fingerprint density at radius 2 is 1.83 bits per heavy atom. The van der Waals surface area contributed by atoms with Crippen LogP contribution in [0.15, 0.2) is 12.1 Å². The molecule has 5 nitrogen and oxygen atoms in total. The van der Waals surface area contributed by atoms with Crippen molar-refractivity contribution in [2.75, 3.05) is 14.2 Å². The maximum atomic E-state index is 13.9. The fourth-order valence-electron chi connectivity index (χ4n) is 2.70. The van der Waals surface area contributed by atoms with E-state index in [9.17, 15) is 18.4 Å². The first-order chi connectivity index (χ1) is 11.1. The Labute approximate surface area is 138 Å². The highest BCUT2D eigenvalue weighted by atomic mass is 19.3. The van der Waals surface area contributed by atoms with E-state index in [1.165, 1.54) is 26.4 Å². The van der Waals surface area contributed by atoms with Crippen LogP contribution in [0, 0.1) is 5.41 Å². The van der Waals surface area contributed by atoms with E-state index < -0.39 is 35.6 Å². The lowest BCUT2D eigenvalue weighted by atomic mass is 9.83. The molecule has 24 heavy (non-hydrogen) atoms. The van der Waals surface area contributed by atoms with Crippen LogP contribution in [0.2, 0.25) is 0 Å². The SMILES string of the molecule is COc1cc(OC)c2c(c1)C(=O)C(C(=O)OC(C)(C)C)(C(F)F)C2. The Hall–Kier alpha value is -2.18. The van der Waals surface area contributed by atoms with E-state index >= 15 is 0 Å². The van der Waals surface area contributed by atoms with Gasteiger partial charge in [-0.1, -0.05) is 0 Å². The van der Waals surface area contributed by atoms with E-state index in [0.29, 0.717) is 0 Å². The highest BCUT2D eigenvalue weighted by Crippen LogP contribution is 2.47. The van der Waals surface area contributed by atoms with Crippen molar-refractivity contribution in [3.05, 3.63) is 23.3 Å². The van der Waals surface area contributed by atoms with E-state index in [1.807, 2.05) is 0 Å². The number of benzene rings is 1. The fraction of sp³-hybridized carbons (Fsp3) is 0.529. The molecule has 132 valence electrons. The molecule has 1 aliphatic rings. The van der Waals surface area contributed by atoms with Crippen molar-refractivity contribution in [3.8, 4) is 11.5 Å². The summed E-state index contributed by atoms with van der Waals surface area (Å²) in [7, 11) is 2.74. The van der Waals surface area contributed by atoms with Crippen LogP contribution in [0.5, 0.6) is 11.5 Å². The average Bonchev–Trinajstić information content (AvgIpc) is 2.79. The van der Waals surface area contributed by atoms with Gasteiger partial charge in [-0.05, 0) is 26.8 Å². The van der Waals surface area contributed by atoms with Crippen LogP contribution in [0.4, 0.5) is 8.78 Å². The Balaban J connectivity index is 2.58. The van der Waals surface area contributed by atoms with Crippen LogP contribution in [0.1, 0.15) is 36.7 Å². The monoisotopic (exact) mass is 342 g/mol. The molecule has 0 saturated carbocycles. The number of methoxy groups -OCH3 is 2. The summed E-state index contributed by atoms with van der Waals surface area (Å²) < 4.78 is 43.1. The van der Waals surface area contributed by atoms with Crippen molar-refractivity contribution in [1.82, 2.24) is 0 Å². The molecular weight excluding hydrogens is 322 g/mol. The number of Topliss-reactive ketones (excluding diaryl/α,β-unsaturated/α-hetero) is 1. The normalized spacial score (nSPS) is 20.1. The first-order valence-electron chi connectivity index (χ1n) is 7.38. The van der Waals surface area contributed by atoms with Gasteiger partial charge in [-0.2, -0.15) is 0 Å². The quantitative estimate of drug-likeness (QED) is 0.622. The molecule has 1 aromatic carbocycles. The molecule has 7 heteroatoms. The zero-order valence-corrected chi connectivity index (χ0v) is 14.2. The highest BCUT2D eigenvalue weighted by Gasteiger charge is 2.61. The molecule has 1 atom stereocenters. The molecule has 1 aliphatic carbocycles. The van der Waals surface area contributed by atoms with E-state index in [1.54, 1.807) is 20.8 Å². The van der Waals surface area contributed by atoms with Gasteiger partial charge in [0, 0.05) is 23.6 Å². The summed E-state index contributed by atoms with van der Waals surface area (Å²) in [6.45, 7) is 4.67.